The molecule has 164 valence electrons. The van der Waals surface area contributed by atoms with Gasteiger partial charge in [0.25, 0.3) is 5.56 Å². The Morgan fingerprint density at radius 1 is 1.06 bits per heavy atom. The van der Waals surface area contributed by atoms with Crippen LogP contribution in [0.25, 0.3) is 22.5 Å². The van der Waals surface area contributed by atoms with Crippen LogP contribution in [0.1, 0.15) is 46.1 Å². The van der Waals surface area contributed by atoms with Gasteiger partial charge in [0.15, 0.2) is 22.5 Å². The van der Waals surface area contributed by atoms with Crippen LogP contribution in [0.15, 0.2) is 15.8 Å². The number of hydrogen-bond acceptors (Lipinski definition) is 7. The molecule has 4 aromatic rings. The molecule has 11 nitrogen and oxygen atoms in total. The zero-order valence-electron chi connectivity index (χ0n) is 18.8. The second-order valence-corrected chi connectivity index (χ2v) is 9.46. The number of nitrogens with one attached hydrogen (secondary N) is 1. The number of nitrogens with zero attached hydrogens (tertiary/aromatic N) is 7. The Kier molecular flexibility index (Phi) is 4.35. The van der Waals surface area contributed by atoms with Crippen LogP contribution in [0.4, 0.5) is 5.95 Å². The second kappa shape index (κ2) is 6.50. The molecule has 0 bridgehead atoms. The van der Waals surface area contributed by atoms with Crippen LogP contribution >= 0.6 is 0 Å². The Morgan fingerprint density at radius 3 is 2.39 bits per heavy atom. The van der Waals surface area contributed by atoms with Crippen LogP contribution < -0.4 is 17.0 Å². The second-order valence-electron chi connectivity index (χ2n) is 9.46. The Bertz CT molecular complexity index is 1440. The van der Waals surface area contributed by atoms with Crippen molar-refractivity contribution < 1.29 is 0 Å². The third kappa shape index (κ3) is 3.20. The number of hydrogen-bond donors (Lipinski definition) is 2. The molecular formula is C20H27N9O2. The minimum atomic E-state index is -0.684. The number of aromatic nitrogens is 8. The van der Waals surface area contributed by atoms with Gasteiger partial charge in [0.1, 0.15) is 5.82 Å². The zero-order chi connectivity index (χ0) is 22.9. The fourth-order valence-electron chi connectivity index (χ4n) is 4.18. The third-order valence-electron chi connectivity index (χ3n) is 5.43. The average molecular weight is 425 g/mol. The van der Waals surface area contributed by atoms with Gasteiger partial charge in [-0.25, -0.2) is 19.7 Å². The van der Waals surface area contributed by atoms with Crippen molar-refractivity contribution in [3.63, 3.8) is 0 Å². The number of fused-ring (bicyclic) bond motifs is 2. The lowest BCUT2D eigenvalue weighted by molar-refractivity contribution is 0.328. The van der Waals surface area contributed by atoms with E-state index in [1.165, 1.54) is 4.57 Å². The van der Waals surface area contributed by atoms with Crippen LogP contribution in [0.3, 0.4) is 0 Å². The molecule has 0 aliphatic heterocycles. The van der Waals surface area contributed by atoms with Gasteiger partial charge in [-0.15, -0.1) is 0 Å². The topological polar surface area (TPSA) is 142 Å². The van der Waals surface area contributed by atoms with Crippen LogP contribution in [-0.2, 0) is 24.5 Å². The van der Waals surface area contributed by atoms with E-state index in [0.717, 1.165) is 0 Å². The molecule has 0 amide bonds. The molecule has 0 atom stereocenters. The van der Waals surface area contributed by atoms with Crippen molar-refractivity contribution in [1.29, 1.82) is 0 Å². The monoisotopic (exact) mass is 425 g/mol. The number of nitrogens with two attached hydrogens (primary N) is 1. The van der Waals surface area contributed by atoms with Crippen molar-refractivity contribution in [2.24, 2.45) is 7.05 Å². The molecule has 4 heterocycles. The zero-order valence-corrected chi connectivity index (χ0v) is 18.8. The molecule has 0 saturated heterocycles. The van der Waals surface area contributed by atoms with Crippen molar-refractivity contribution in [3.05, 3.63) is 38.6 Å². The molecule has 3 N–H and O–H groups in total. The average Bonchev–Trinajstić information content (AvgIpc) is 3.09. The van der Waals surface area contributed by atoms with E-state index in [1.807, 2.05) is 39.2 Å². The van der Waals surface area contributed by atoms with E-state index in [2.05, 4.69) is 24.9 Å². The molecule has 31 heavy (non-hydrogen) atoms. The Balaban J connectivity index is 1.81. The van der Waals surface area contributed by atoms with E-state index in [0.29, 0.717) is 35.2 Å². The molecule has 4 rings (SSSR count). The molecule has 0 aliphatic carbocycles. The number of nitrogen functional groups attached to an aromatic ring is 1. The lowest BCUT2D eigenvalue weighted by Gasteiger charge is -2.28. The van der Waals surface area contributed by atoms with E-state index < -0.39 is 5.54 Å². The van der Waals surface area contributed by atoms with Gasteiger partial charge in [0.05, 0.1) is 11.9 Å². The van der Waals surface area contributed by atoms with Crippen LogP contribution in [0, 0.1) is 6.92 Å². The normalized spacial score (nSPS) is 12.9. The van der Waals surface area contributed by atoms with E-state index in [4.69, 9.17) is 5.73 Å². The number of H-pyrrole nitrogens is 1. The van der Waals surface area contributed by atoms with Gasteiger partial charge in [0.2, 0.25) is 5.95 Å². The number of imidazole rings is 2. The summed E-state index contributed by atoms with van der Waals surface area (Å²) in [6.45, 7) is 11.7. The van der Waals surface area contributed by atoms with Gasteiger partial charge in [0, 0.05) is 24.5 Å². The maximum atomic E-state index is 13.3. The summed E-state index contributed by atoms with van der Waals surface area (Å²) in [6, 6.07) is 0. The molecular weight excluding hydrogens is 398 g/mol. The van der Waals surface area contributed by atoms with Crippen molar-refractivity contribution in [2.75, 3.05) is 5.73 Å². The SMILES string of the molecule is Cc1nc2[nH]c(=O)n(C)c2c(=O)n1C(C)(C)Cc1cnc2c(n1)nc(N)n2C(C)(C)C. The lowest BCUT2D eigenvalue weighted by Crippen LogP contribution is -2.41. The number of rotatable bonds is 3. The quantitative estimate of drug-likeness (QED) is 0.502. The van der Waals surface area contributed by atoms with Gasteiger partial charge in [-0.1, -0.05) is 0 Å². The molecule has 0 saturated carbocycles. The van der Waals surface area contributed by atoms with Crippen molar-refractivity contribution >= 4 is 28.4 Å². The van der Waals surface area contributed by atoms with Crippen molar-refractivity contribution in [3.8, 4) is 0 Å². The van der Waals surface area contributed by atoms with Gasteiger partial charge in [-0.05, 0) is 41.5 Å². The van der Waals surface area contributed by atoms with E-state index in [-0.39, 0.29) is 28.0 Å². The van der Waals surface area contributed by atoms with Crippen LogP contribution in [0.2, 0.25) is 0 Å². The number of aryl methyl sites for hydroxylation is 2. The Labute approximate surface area is 178 Å². The standard InChI is InChI=1S/C20H27N9O2/c1-10-23-13-12(27(7)18(31)26-13)16(30)28(10)20(5,6)8-11-9-22-15-14(24-11)25-17(21)29(15)19(2,3)4/h9H,8H2,1-7H3,(H,26,31)(H2,21,24,25). The number of aromatic amines is 1. The first-order chi connectivity index (χ1) is 14.3. The predicted molar refractivity (Wildman–Crippen MR) is 118 cm³/mol. The molecule has 0 unspecified atom stereocenters. The Morgan fingerprint density at radius 2 is 1.74 bits per heavy atom. The molecule has 11 heteroatoms. The van der Waals surface area contributed by atoms with E-state index in [1.54, 1.807) is 24.7 Å². The maximum Gasteiger partial charge on any atom is 0.327 e. The van der Waals surface area contributed by atoms with E-state index in [9.17, 15) is 9.59 Å². The fraction of sp³-hybridized carbons (Fsp3) is 0.500. The first-order valence-corrected chi connectivity index (χ1v) is 10.0. The third-order valence-corrected chi connectivity index (χ3v) is 5.43. The van der Waals surface area contributed by atoms with E-state index >= 15 is 0 Å². The van der Waals surface area contributed by atoms with Gasteiger partial charge in [-0.2, -0.15) is 4.98 Å². The summed E-state index contributed by atoms with van der Waals surface area (Å²) in [5.74, 6) is 0.855. The molecule has 0 aliphatic rings. The molecule has 4 aromatic heterocycles. The van der Waals surface area contributed by atoms with Crippen molar-refractivity contribution in [2.45, 2.75) is 59.0 Å². The molecule has 0 fully saturated rings. The fourth-order valence-corrected chi connectivity index (χ4v) is 4.18. The molecule has 0 aromatic carbocycles. The highest BCUT2D eigenvalue weighted by Crippen LogP contribution is 2.26. The molecule has 0 spiro atoms. The smallest absolute Gasteiger partial charge is 0.327 e. The van der Waals surface area contributed by atoms with Crippen molar-refractivity contribution in [1.82, 2.24) is 38.6 Å². The van der Waals surface area contributed by atoms with Crippen LogP contribution in [-0.4, -0.2) is 38.6 Å². The summed E-state index contributed by atoms with van der Waals surface area (Å²) in [6.07, 6.45) is 2.09. The highest BCUT2D eigenvalue weighted by Gasteiger charge is 2.28. The summed E-state index contributed by atoms with van der Waals surface area (Å²) in [5, 5.41) is 0. The highest BCUT2D eigenvalue weighted by molar-refractivity contribution is 5.70. The highest BCUT2D eigenvalue weighted by atomic mass is 16.2. The predicted octanol–water partition coefficient (Wildman–Crippen LogP) is 1.19. The van der Waals surface area contributed by atoms with Gasteiger partial charge < -0.3 is 5.73 Å². The minimum Gasteiger partial charge on any atom is -0.369 e. The van der Waals surface area contributed by atoms with Gasteiger partial charge >= 0.3 is 5.69 Å². The first kappa shape index (κ1) is 20.8. The Hall–Kier alpha value is -3.50. The van der Waals surface area contributed by atoms with Crippen LogP contribution in [0.5, 0.6) is 0 Å². The summed E-state index contributed by atoms with van der Waals surface area (Å²) in [5.41, 5.74) is 6.74. The molecule has 0 radical (unpaired) electrons. The van der Waals surface area contributed by atoms with Gasteiger partial charge in [-0.3, -0.25) is 23.5 Å². The lowest BCUT2D eigenvalue weighted by atomic mass is 9.97. The minimum absolute atomic E-state index is 0.238. The largest absolute Gasteiger partial charge is 0.369 e. The first-order valence-electron chi connectivity index (χ1n) is 10.0. The summed E-state index contributed by atoms with van der Waals surface area (Å²) in [7, 11) is 1.55. The number of anilines is 1. The summed E-state index contributed by atoms with van der Waals surface area (Å²) in [4.78, 5) is 45.9. The maximum absolute atomic E-state index is 13.3. The summed E-state index contributed by atoms with van der Waals surface area (Å²) < 4.78 is 4.73. The summed E-state index contributed by atoms with van der Waals surface area (Å²) >= 11 is 0.